The Morgan fingerprint density at radius 2 is 1.92 bits per heavy atom. The summed E-state index contributed by atoms with van der Waals surface area (Å²) in [6.45, 7) is 0.171. The molecular formula is C14H12ClN3O5S. The Kier molecular flexibility index (Phi) is 5.17. The second-order valence-electron chi connectivity index (χ2n) is 4.78. The maximum absolute atomic E-state index is 11.2. The molecule has 24 heavy (non-hydrogen) atoms. The molecule has 2 rings (SSSR count). The molecular weight excluding hydrogens is 358 g/mol. The molecule has 0 spiro atoms. The minimum absolute atomic E-state index is 0.0154. The summed E-state index contributed by atoms with van der Waals surface area (Å²) in [6.07, 6.45) is 1.25. The van der Waals surface area contributed by atoms with Crippen molar-refractivity contribution in [2.24, 2.45) is 10.1 Å². The summed E-state index contributed by atoms with van der Waals surface area (Å²) in [5, 5.41) is 25.7. The van der Waals surface area contributed by atoms with Gasteiger partial charge in [-0.2, -0.15) is 0 Å². The van der Waals surface area contributed by atoms with Crippen LogP contribution in [0.3, 0.4) is 0 Å². The highest BCUT2D eigenvalue weighted by atomic mass is 35.5. The van der Waals surface area contributed by atoms with E-state index in [0.717, 1.165) is 6.07 Å². The number of nitro groups is 1. The first kappa shape index (κ1) is 17.9. The van der Waals surface area contributed by atoms with Crippen LogP contribution in [-0.2, 0) is 16.6 Å². The molecule has 0 aliphatic heterocycles. The number of benzene rings is 2. The number of phenolic OH excluding ortho intramolecular Hbond substituents is 1. The maximum atomic E-state index is 11.2. The Morgan fingerprint density at radius 1 is 1.29 bits per heavy atom. The molecule has 126 valence electrons. The van der Waals surface area contributed by atoms with Crippen LogP contribution in [0.5, 0.6) is 5.75 Å². The van der Waals surface area contributed by atoms with Crippen molar-refractivity contribution in [3.8, 4) is 5.75 Å². The lowest BCUT2D eigenvalue weighted by atomic mass is 10.2. The molecule has 0 radical (unpaired) electrons. The summed E-state index contributed by atoms with van der Waals surface area (Å²) in [5.74, 6) is -0.530. The van der Waals surface area contributed by atoms with Crippen LogP contribution in [0, 0.1) is 10.1 Å². The third-order valence-electron chi connectivity index (χ3n) is 3.04. The van der Waals surface area contributed by atoms with Crippen molar-refractivity contribution in [3.05, 3.63) is 62.7 Å². The number of nitrogens with two attached hydrogens (primary N) is 1. The number of aliphatic imine (C=N–C) groups is 1. The molecule has 0 unspecified atom stereocenters. The molecule has 0 aliphatic rings. The van der Waals surface area contributed by atoms with E-state index in [1.165, 1.54) is 36.5 Å². The van der Waals surface area contributed by atoms with Crippen molar-refractivity contribution in [2.75, 3.05) is 0 Å². The average molecular weight is 370 g/mol. The predicted octanol–water partition coefficient (Wildman–Crippen LogP) is 2.22. The van der Waals surface area contributed by atoms with E-state index in [4.69, 9.17) is 16.7 Å². The number of halogens is 1. The normalized spacial score (nSPS) is 11.8. The van der Waals surface area contributed by atoms with Crippen LogP contribution >= 0.6 is 11.6 Å². The van der Waals surface area contributed by atoms with Crippen molar-refractivity contribution in [1.29, 1.82) is 0 Å². The summed E-state index contributed by atoms with van der Waals surface area (Å²) in [7, 11) is -3.76. The second-order valence-corrected chi connectivity index (χ2v) is 6.78. The number of rotatable bonds is 5. The van der Waals surface area contributed by atoms with Crippen molar-refractivity contribution in [1.82, 2.24) is 0 Å². The number of aromatic hydroxyl groups is 1. The van der Waals surface area contributed by atoms with Gasteiger partial charge in [-0.1, -0.05) is 23.7 Å². The first-order valence-corrected chi connectivity index (χ1v) is 8.39. The minimum atomic E-state index is -3.76. The zero-order valence-corrected chi connectivity index (χ0v) is 13.7. The van der Waals surface area contributed by atoms with E-state index in [9.17, 15) is 23.6 Å². The predicted molar refractivity (Wildman–Crippen MR) is 88.9 cm³/mol. The molecule has 0 atom stereocenters. The van der Waals surface area contributed by atoms with Crippen LogP contribution in [-0.4, -0.2) is 24.7 Å². The van der Waals surface area contributed by atoms with Crippen molar-refractivity contribution < 1.29 is 18.4 Å². The van der Waals surface area contributed by atoms with Crippen LogP contribution in [0.25, 0.3) is 0 Å². The van der Waals surface area contributed by atoms with Gasteiger partial charge in [0.15, 0.2) is 0 Å². The van der Waals surface area contributed by atoms with Crippen LogP contribution in [0.2, 0.25) is 5.02 Å². The summed E-state index contributed by atoms with van der Waals surface area (Å²) < 4.78 is 22.3. The third-order valence-corrected chi connectivity index (χ3v) is 4.18. The van der Waals surface area contributed by atoms with Crippen LogP contribution in [0.1, 0.15) is 11.1 Å². The Hall–Kier alpha value is -2.49. The SMILES string of the molecule is NS(=O)(=O)c1ccc(CN=Cc2cc(Cl)cc([N+](=O)[O-])c2O)cc1. The van der Waals surface area contributed by atoms with Gasteiger partial charge in [0.1, 0.15) is 0 Å². The van der Waals surface area contributed by atoms with Crippen LogP contribution in [0.4, 0.5) is 5.69 Å². The molecule has 0 heterocycles. The quantitative estimate of drug-likeness (QED) is 0.473. The van der Waals surface area contributed by atoms with Crippen LogP contribution < -0.4 is 5.14 Å². The first-order chi connectivity index (χ1) is 11.2. The fraction of sp³-hybridized carbons (Fsp3) is 0.0714. The minimum Gasteiger partial charge on any atom is -0.502 e. The summed E-state index contributed by atoms with van der Waals surface area (Å²) in [4.78, 5) is 14.1. The van der Waals surface area contributed by atoms with E-state index >= 15 is 0 Å². The molecule has 10 heteroatoms. The second kappa shape index (κ2) is 6.95. The van der Waals surface area contributed by atoms with Gasteiger partial charge in [-0.3, -0.25) is 15.1 Å². The van der Waals surface area contributed by atoms with E-state index in [2.05, 4.69) is 4.99 Å². The van der Waals surface area contributed by atoms with E-state index < -0.39 is 26.4 Å². The summed E-state index contributed by atoms with van der Waals surface area (Å²) in [5.41, 5.74) is 0.284. The molecule has 0 amide bonds. The molecule has 0 aliphatic carbocycles. The van der Waals surface area contributed by atoms with E-state index in [1.807, 2.05) is 0 Å². The zero-order chi connectivity index (χ0) is 17.9. The number of nitrogens with zero attached hydrogens (tertiary/aromatic N) is 2. The van der Waals surface area contributed by atoms with Gasteiger partial charge in [-0.05, 0) is 23.8 Å². The van der Waals surface area contributed by atoms with Gasteiger partial charge >= 0.3 is 5.69 Å². The zero-order valence-electron chi connectivity index (χ0n) is 12.1. The largest absolute Gasteiger partial charge is 0.502 e. The van der Waals surface area contributed by atoms with E-state index in [0.29, 0.717) is 5.56 Å². The Morgan fingerprint density at radius 3 is 2.46 bits per heavy atom. The van der Waals surface area contributed by atoms with Gasteiger partial charge in [-0.25, -0.2) is 13.6 Å². The van der Waals surface area contributed by atoms with Crippen molar-refractivity contribution >= 4 is 33.5 Å². The highest BCUT2D eigenvalue weighted by Crippen LogP contribution is 2.32. The maximum Gasteiger partial charge on any atom is 0.312 e. The summed E-state index contributed by atoms with van der Waals surface area (Å²) >= 11 is 5.78. The average Bonchev–Trinajstić information content (AvgIpc) is 2.49. The van der Waals surface area contributed by atoms with E-state index in [-0.39, 0.29) is 22.0 Å². The number of sulfonamides is 1. The molecule has 3 N–H and O–H groups in total. The highest BCUT2D eigenvalue weighted by molar-refractivity contribution is 7.89. The fourth-order valence-corrected chi connectivity index (χ4v) is 2.61. The Labute approximate surface area is 142 Å². The molecule has 8 nitrogen and oxygen atoms in total. The van der Waals surface area contributed by atoms with Gasteiger partial charge < -0.3 is 5.11 Å². The monoisotopic (exact) mass is 369 g/mol. The standard InChI is InChI=1S/C14H12ClN3O5S/c15-11-5-10(14(19)13(6-11)18(20)21)8-17-7-9-1-3-12(4-2-9)24(16,22)23/h1-6,8,19H,7H2,(H2,16,22,23). The molecule has 0 saturated carbocycles. The van der Waals surface area contributed by atoms with Gasteiger partial charge in [0.05, 0.1) is 16.4 Å². The Balaban J connectivity index is 2.19. The lowest BCUT2D eigenvalue weighted by Gasteiger charge is -2.02. The Bertz CT molecular complexity index is 911. The van der Waals surface area contributed by atoms with Crippen LogP contribution in [0.15, 0.2) is 46.3 Å². The van der Waals surface area contributed by atoms with Crippen molar-refractivity contribution in [3.63, 3.8) is 0 Å². The van der Waals surface area contributed by atoms with Crippen molar-refractivity contribution in [2.45, 2.75) is 11.4 Å². The molecule has 0 aromatic heterocycles. The molecule has 0 bridgehead atoms. The molecule has 2 aromatic carbocycles. The first-order valence-electron chi connectivity index (χ1n) is 6.47. The highest BCUT2D eigenvalue weighted by Gasteiger charge is 2.17. The van der Waals surface area contributed by atoms with E-state index in [1.54, 1.807) is 0 Å². The fourth-order valence-electron chi connectivity index (χ4n) is 1.88. The van der Waals surface area contributed by atoms with Gasteiger partial charge in [0.25, 0.3) is 0 Å². The summed E-state index contributed by atoms with van der Waals surface area (Å²) in [6, 6.07) is 8.16. The molecule has 2 aromatic rings. The van der Waals surface area contributed by atoms with Gasteiger partial charge in [0, 0.05) is 22.9 Å². The molecule has 0 saturated heterocycles. The number of phenols is 1. The van der Waals surface area contributed by atoms with Gasteiger partial charge in [0.2, 0.25) is 15.8 Å². The number of hydrogen-bond acceptors (Lipinski definition) is 6. The lowest BCUT2D eigenvalue weighted by Crippen LogP contribution is -2.11. The smallest absolute Gasteiger partial charge is 0.312 e. The number of hydrogen-bond donors (Lipinski definition) is 2. The van der Waals surface area contributed by atoms with Gasteiger partial charge in [-0.15, -0.1) is 0 Å². The third kappa shape index (κ3) is 4.28. The number of nitro benzene ring substituents is 1. The lowest BCUT2D eigenvalue weighted by molar-refractivity contribution is -0.385. The number of primary sulfonamides is 1. The topological polar surface area (TPSA) is 136 Å². The molecule has 0 fully saturated rings.